The molecule has 1 aromatic carbocycles. The van der Waals surface area contributed by atoms with Crippen molar-refractivity contribution in [1.82, 2.24) is 14.5 Å². The first kappa shape index (κ1) is 16.9. The average Bonchev–Trinajstić information content (AvgIpc) is 2.77. The molecule has 0 bridgehead atoms. The molecule has 6 nitrogen and oxygen atoms in total. The molecular weight excluding hydrogens is 300 g/mol. The van der Waals surface area contributed by atoms with Gasteiger partial charge < -0.3 is 9.80 Å². The van der Waals surface area contributed by atoms with Gasteiger partial charge in [0.2, 0.25) is 10.0 Å². The molecule has 120 valence electrons. The van der Waals surface area contributed by atoms with Crippen LogP contribution in [-0.2, 0) is 10.0 Å². The summed E-state index contributed by atoms with van der Waals surface area (Å²) in [5.41, 5.74) is 0.344. The summed E-state index contributed by atoms with van der Waals surface area (Å²) in [6.07, 6.45) is 0. The van der Waals surface area contributed by atoms with Crippen molar-refractivity contribution in [2.75, 3.05) is 40.8 Å². The molecule has 1 aromatic rings. The Bertz CT molecular complexity index is 666. The number of likely N-dealkylation sites (N-methyl/N-ethyl adjacent to an activating group) is 1. The Kier molecular flexibility index (Phi) is 5.19. The number of sulfonamides is 1. The monoisotopic (exact) mass is 322 g/mol. The van der Waals surface area contributed by atoms with Crippen LogP contribution in [0.5, 0.6) is 0 Å². The Balaban J connectivity index is 2.18. The first-order valence-electron chi connectivity index (χ1n) is 7.17. The summed E-state index contributed by atoms with van der Waals surface area (Å²) in [6, 6.07) is 7.95. The van der Waals surface area contributed by atoms with Crippen LogP contribution in [0.4, 0.5) is 0 Å². The van der Waals surface area contributed by atoms with Crippen LogP contribution in [0.1, 0.15) is 5.56 Å². The van der Waals surface area contributed by atoms with Gasteiger partial charge in [-0.3, -0.25) is 0 Å². The maximum Gasteiger partial charge on any atom is 0.240 e. The van der Waals surface area contributed by atoms with Crippen LogP contribution in [0.15, 0.2) is 29.2 Å². The predicted molar refractivity (Wildman–Crippen MR) is 84.8 cm³/mol. The number of rotatable bonds is 5. The van der Waals surface area contributed by atoms with Crippen molar-refractivity contribution in [3.05, 3.63) is 29.8 Å². The van der Waals surface area contributed by atoms with Gasteiger partial charge >= 0.3 is 0 Å². The van der Waals surface area contributed by atoms with Crippen molar-refractivity contribution in [3.8, 4) is 6.07 Å². The Labute approximate surface area is 132 Å². The van der Waals surface area contributed by atoms with Gasteiger partial charge in [0.25, 0.3) is 0 Å². The summed E-state index contributed by atoms with van der Waals surface area (Å²) < 4.78 is 27.9. The largest absolute Gasteiger partial charge is 0.309 e. The normalized spacial score (nSPS) is 22.9. The Morgan fingerprint density at radius 2 is 2.14 bits per heavy atom. The van der Waals surface area contributed by atoms with Gasteiger partial charge in [0.1, 0.15) is 0 Å². The van der Waals surface area contributed by atoms with Crippen molar-refractivity contribution in [2.45, 2.75) is 10.9 Å². The zero-order valence-electron chi connectivity index (χ0n) is 13.2. The van der Waals surface area contributed by atoms with E-state index in [1.807, 2.05) is 27.2 Å². The van der Waals surface area contributed by atoms with Crippen molar-refractivity contribution in [1.29, 1.82) is 5.26 Å². The van der Waals surface area contributed by atoms with E-state index in [1.54, 1.807) is 12.1 Å². The summed E-state index contributed by atoms with van der Waals surface area (Å²) in [7, 11) is 2.35. The lowest BCUT2D eigenvalue weighted by atomic mass is 10.0. The summed E-state index contributed by atoms with van der Waals surface area (Å²) in [4.78, 5) is 4.35. The molecule has 0 spiro atoms. The number of likely N-dealkylation sites (tertiary alicyclic amines) is 1. The van der Waals surface area contributed by atoms with Gasteiger partial charge in [-0.2, -0.15) is 5.26 Å². The minimum Gasteiger partial charge on any atom is -0.309 e. The highest BCUT2D eigenvalue weighted by Crippen LogP contribution is 2.19. The lowest BCUT2D eigenvalue weighted by Gasteiger charge is -2.22. The van der Waals surface area contributed by atoms with Gasteiger partial charge in [-0.1, -0.05) is 6.07 Å². The van der Waals surface area contributed by atoms with Crippen LogP contribution in [0, 0.1) is 17.2 Å². The predicted octanol–water partition coefficient (Wildman–Crippen LogP) is 0.328. The quantitative estimate of drug-likeness (QED) is 0.845. The van der Waals surface area contributed by atoms with E-state index in [-0.39, 0.29) is 16.9 Å². The summed E-state index contributed by atoms with van der Waals surface area (Å²) in [5.74, 6) is 0.244. The molecule has 0 aliphatic carbocycles. The van der Waals surface area contributed by atoms with Crippen molar-refractivity contribution < 1.29 is 8.42 Å². The first-order chi connectivity index (χ1) is 10.3. The van der Waals surface area contributed by atoms with Crippen molar-refractivity contribution in [2.24, 2.45) is 5.92 Å². The van der Waals surface area contributed by atoms with Gasteiger partial charge in [0, 0.05) is 31.6 Å². The summed E-state index contributed by atoms with van der Waals surface area (Å²) >= 11 is 0. The average molecular weight is 322 g/mol. The molecule has 1 fully saturated rings. The lowest BCUT2D eigenvalue weighted by Crippen LogP contribution is -2.43. The summed E-state index contributed by atoms with van der Waals surface area (Å²) in [5, 5.41) is 8.91. The van der Waals surface area contributed by atoms with Crippen molar-refractivity contribution in [3.63, 3.8) is 0 Å². The minimum atomic E-state index is -3.61. The van der Waals surface area contributed by atoms with Crippen molar-refractivity contribution >= 4 is 10.0 Å². The van der Waals surface area contributed by atoms with Gasteiger partial charge in [0.05, 0.1) is 16.5 Å². The molecular formula is C15H22N4O2S. The van der Waals surface area contributed by atoms with E-state index in [2.05, 4.69) is 14.5 Å². The van der Waals surface area contributed by atoms with Crippen LogP contribution in [0.2, 0.25) is 0 Å². The topological polar surface area (TPSA) is 76.4 Å². The molecule has 1 N–H and O–H groups in total. The molecule has 0 amide bonds. The number of nitrogens with zero attached hydrogens (tertiary/aromatic N) is 3. The maximum atomic E-state index is 12.5. The zero-order chi connectivity index (χ0) is 16.3. The molecule has 2 atom stereocenters. The molecule has 1 aliphatic rings. The van der Waals surface area contributed by atoms with E-state index in [0.717, 1.165) is 13.1 Å². The fourth-order valence-corrected chi connectivity index (χ4v) is 4.22. The third kappa shape index (κ3) is 4.05. The van der Waals surface area contributed by atoms with E-state index in [0.29, 0.717) is 12.1 Å². The Hall–Kier alpha value is -1.46. The molecule has 2 rings (SSSR count). The zero-order valence-corrected chi connectivity index (χ0v) is 14.0. The SMILES string of the molecule is CN(C)C[C@@H]1CN(C)C[C@H]1NS(=O)(=O)c1cccc(C#N)c1. The minimum absolute atomic E-state index is 0.122. The smallest absolute Gasteiger partial charge is 0.240 e. The highest BCUT2D eigenvalue weighted by atomic mass is 32.2. The van der Waals surface area contributed by atoms with Gasteiger partial charge in [-0.25, -0.2) is 13.1 Å². The third-order valence-electron chi connectivity index (χ3n) is 3.80. The van der Waals surface area contributed by atoms with Crippen LogP contribution in [0.25, 0.3) is 0 Å². The number of nitrogens with one attached hydrogen (secondary N) is 1. The van der Waals surface area contributed by atoms with Gasteiger partial charge in [-0.15, -0.1) is 0 Å². The van der Waals surface area contributed by atoms with Gasteiger partial charge in [0.15, 0.2) is 0 Å². The molecule has 0 unspecified atom stereocenters. The second-order valence-corrected chi connectivity index (χ2v) is 7.82. The van der Waals surface area contributed by atoms with Gasteiger partial charge in [-0.05, 0) is 39.3 Å². The second kappa shape index (κ2) is 6.75. The van der Waals surface area contributed by atoms with Crippen LogP contribution in [0.3, 0.4) is 0 Å². The standard InChI is InChI=1S/C15H22N4O2S/c1-18(2)9-13-10-19(3)11-15(13)17-22(20,21)14-6-4-5-12(7-14)8-16/h4-7,13,15,17H,9-11H2,1-3H3/t13-,15-/m1/s1. The third-order valence-corrected chi connectivity index (χ3v) is 5.29. The first-order valence-corrected chi connectivity index (χ1v) is 8.66. The molecule has 0 aromatic heterocycles. The Morgan fingerprint density at radius 3 is 2.77 bits per heavy atom. The number of nitriles is 1. The molecule has 1 heterocycles. The molecule has 22 heavy (non-hydrogen) atoms. The highest BCUT2D eigenvalue weighted by molar-refractivity contribution is 7.89. The van der Waals surface area contributed by atoms with E-state index in [1.165, 1.54) is 12.1 Å². The second-order valence-electron chi connectivity index (χ2n) is 6.11. The number of benzene rings is 1. The molecule has 7 heteroatoms. The molecule has 0 saturated carbocycles. The van der Waals surface area contributed by atoms with E-state index < -0.39 is 10.0 Å². The summed E-state index contributed by atoms with van der Waals surface area (Å²) in [6.45, 7) is 2.38. The van der Waals surface area contributed by atoms with E-state index >= 15 is 0 Å². The molecule has 1 aliphatic heterocycles. The lowest BCUT2D eigenvalue weighted by molar-refractivity contribution is 0.304. The number of hydrogen-bond acceptors (Lipinski definition) is 5. The highest BCUT2D eigenvalue weighted by Gasteiger charge is 2.34. The van der Waals surface area contributed by atoms with E-state index in [9.17, 15) is 8.42 Å². The van der Waals surface area contributed by atoms with Crippen LogP contribution in [-0.4, -0.2) is 65.0 Å². The molecule has 1 saturated heterocycles. The van der Waals surface area contributed by atoms with Crippen LogP contribution >= 0.6 is 0 Å². The maximum absolute atomic E-state index is 12.5. The fraction of sp³-hybridized carbons (Fsp3) is 0.533. The van der Waals surface area contributed by atoms with E-state index in [4.69, 9.17) is 5.26 Å². The fourth-order valence-electron chi connectivity index (χ4n) is 2.87. The molecule has 0 radical (unpaired) electrons. The number of hydrogen-bond donors (Lipinski definition) is 1. The van der Waals surface area contributed by atoms with Crippen LogP contribution < -0.4 is 4.72 Å². The Morgan fingerprint density at radius 1 is 1.41 bits per heavy atom.